The van der Waals surface area contributed by atoms with Crippen molar-refractivity contribution in [3.8, 4) is 0 Å². The molecular weight excluding hydrogens is 301 g/mol. The number of hydrogen-bond acceptors (Lipinski definition) is 1. The minimum absolute atomic E-state index is 0.0184. The van der Waals surface area contributed by atoms with E-state index in [1.165, 1.54) is 11.6 Å². The van der Waals surface area contributed by atoms with Crippen molar-refractivity contribution < 1.29 is 9.18 Å². The first-order valence-electron chi connectivity index (χ1n) is 8.82. The average molecular weight is 323 g/mol. The zero-order valence-electron chi connectivity index (χ0n) is 13.7. The zero-order chi connectivity index (χ0) is 16.5. The minimum atomic E-state index is -0.180. The van der Waals surface area contributed by atoms with E-state index in [2.05, 4.69) is 24.3 Å². The highest BCUT2D eigenvalue weighted by molar-refractivity contribution is 5.83. The van der Waals surface area contributed by atoms with E-state index in [1.54, 1.807) is 6.07 Å². The van der Waals surface area contributed by atoms with E-state index in [1.807, 2.05) is 23.1 Å². The van der Waals surface area contributed by atoms with Crippen LogP contribution in [0.2, 0.25) is 0 Å². The van der Waals surface area contributed by atoms with Gasteiger partial charge in [-0.25, -0.2) is 4.39 Å². The highest BCUT2D eigenvalue weighted by atomic mass is 19.1. The molecule has 1 aliphatic heterocycles. The van der Waals surface area contributed by atoms with E-state index in [0.29, 0.717) is 11.5 Å². The maximum absolute atomic E-state index is 13.9. The molecule has 2 aliphatic rings. The number of amides is 1. The standard InChI is InChI=1S/C21H22FNO/c22-20-9-5-4-8-17(20)18-14-19(18)21(24)23-12-10-16(11-13-23)15-6-2-1-3-7-15/h1-9,16,18-19H,10-14H2. The Kier molecular flexibility index (Phi) is 4.09. The molecule has 24 heavy (non-hydrogen) atoms. The van der Waals surface area contributed by atoms with Crippen LogP contribution in [0.1, 0.15) is 42.2 Å². The van der Waals surface area contributed by atoms with Crippen molar-refractivity contribution in [2.45, 2.75) is 31.1 Å². The molecule has 2 aromatic rings. The fraction of sp³-hybridized carbons (Fsp3) is 0.381. The molecule has 2 atom stereocenters. The molecule has 0 radical (unpaired) electrons. The quantitative estimate of drug-likeness (QED) is 0.823. The second-order valence-electron chi connectivity index (χ2n) is 6.98. The molecule has 0 aromatic heterocycles. The van der Waals surface area contributed by atoms with Crippen LogP contribution < -0.4 is 0 Å². The molecule has 3 heteroatoms. The number of carbonyl (C=O) groups excluding carboxylic acids is 1. The third kappa shape index (κ3) is 2.95. The van der Waals surface area contributed by atoms with Crippen molar-refractivity contribution >= 4 is 5.91 Å². The van der Waals surface area contributed by atoms with Gasteiger partial charge < -0.3 is 4.90 Å². The summed E-state index contributed by atoms with van der Waals surface area (Å²) in [5, 5.41) is 0. The third-order valence-corrected chi connectivity index (χ3v) is 5.49. The molecule has 2 nitrogen and oxygen atoms in total. The lowest BCUT2D eigenvalue weighted by atomic mass is 9.89. The van der Waals surface area contributed by atoms with E-state index in [9.17, 15) is 9.18 Å². The van der Waals surface area contributed by atoms with Crippen LogP contribution in [0.15, 0.2) is 54.6 Å². The largest absolute Gasteiger partial charge is 0.342 e. The van der Waals surface area contributed by atoms with Gasteiger partial charge in [0.25, 0.3) is 0 Å². The predicted molar refractivity (Wildman–Crippen MR) is 92.2 cm³/mol. The summed E-state index contributed by atoms with van der Waals surface area (Å²) in [6.07, 6.45) is 2.83. The van der Waals surface area contributed by atoms with Crippen molar-refractivity contribution in [3.63, 3.8) is 0 Å². The van der Waals surface area contributed by atoms with Crippen molar-refractivity contribution in [1.29, 1.82) is 0 Å². The van der Waals surface area contributed by atoms with Crippen molar-refractivity contribution in [2.24, 2.45) is 5.92 Å². The number of likely N-dealkylation sites (tertiary alicyclic amines) is 1. The Labute approximate surface area is 142 Å². The number of rotatable bonds is 3. The second kappa shape index (κ2) is 6.39. The lowest BCUT2D eigenvalue weighted by Gasteiger charge is -2.32. The van der Waals surface area contributed by atoms with Crippen LogP contribution in [0.4, 0.5) is 4.39 Å². The molecule has 2 aromatic carbocycles. The van der Waals surface area contributed by atoms with Crippen molar-refractivity contribution in [3.05, 3.63) is 71.5 Å². The Bertz CT molecular complexity index is 722. The summed E-state index contributed by atoms with van der Waals surface area (Å²) in [5.41, 5.74) is 2.08. The second-order valence-corrected chi connectivity index (χ2v) is 6.98. The summed E-state index contributed by atoms with van der Waals surface area (Å²) < 4.78 is 13.9. The summed E-state index contributed by atoms with van der Waals surface area (Å²) in [6.45, 7) is 1.64. The van der Waals surface area contributed by atoms with Crippen LogP contribution in [-0.4, -0.2) is 23.9 Å². The third-order valence-electron chi connectivity index (χ3n) is 5.49. The van der Waals surface area contributed by atoms with Gasteiger partial charge in [-0.1, -0.05) is 48.5 Å². The van der Waals surface area contributed by atoms with Crippen LogP contribution in [0.5, 0.6) is 0 Å². The smallest absolute Gasteiger partial charge is 0.226 e. The number of piperidine rings is 1. The molecular formula is C21H22FNO. The van der Waals surface area contributed by atoms with Gasteiger partial charge in [0.2, 0.25) is 5.91 Å². The van der Waals surface area contributed by atoms with E-state index < -0.39 is 0 Å². The van der Waals surface area contributed by atoms with Gasteiger partial charge >= 0.3 is 0 Å². The Morgan fingerprint density at radius 1 is 0.958 bits per heavy atom. The summed E-state index contributed by atoms with van der Waals surface area (Å²) in [5.74, 6) is 0.646. The van der Waals surface area contributed by atoms with Crippen LogP contribution in [0.3, 0.4) is 0 Å². The Balaban J connectivity index is 1.35. The molecule has 1 aliphatic carbocycles. The fourth-order valence-electron chi connectivity index (χ4n) is 3.98. The summed E-state index contributed by atoms with van der Waals surface area (Å²) >= 11 is 0. The lowest BCUT2D eigenvalue weighted by molar-refractivity contribution is -0.133. The molecule has 2 unspecified atom stereocenters. The molecule has 0 spiro atoms. The molecule has 1 amide bonds. The first kappa shape index (κ1) is 15.4. The molecule has 1 saturated heterocycles. The van der Waals surface area contributed by atoms with E-state index in [-0.39, 0.29) is 23.6 Å². The average Bonchev–Trinajstić information content (AvgIpc) is 3.43. The maximum Gasteiger partial charge on any atom is 0.226 e. The molecule has 124 valence electrons. The van der Waals surface area contributed by atoms with Crippen LogP contribution in [0.25, 0.3) is 0 Å². The number of halogens is 1. The first-order chi connectivity index (χ1) is 11.7. The van der Waals surface area contributed by atoms with Crippen LogP contribution in [-0.2, 0) is 4.79 Å². The van der Waals surface area contributed by atoms with Gasteiger partial charge in [0.1, 0.15) is 5.82 Å². The van der Waals surface area contributed by atoms with Crippen molar-refractivity contribution in [1.82, 2.24) is 4.90 Å². The van der Waals surface area contributed by atoms with Gasteiger partial charge in [-0.2, -0.15) is 0 Å². The number of benzene rings is 2. The number of carbonyl (C=O) groups is 1. The summed E-state index contributed by atoms with van der Waals surface area (Å²) in [4.78, 5) is 14.7. The maximum atomic E-state index is 13.9. The molecule has 4 rings (SSSR count). The molecule has 1 saturated carbocycles. The van der Waals surface area contributed by atoms with Crippen molar-refractivity contribution in [2.75, 3.05) is 13.1 Å². The predicted octanol–water partition coefficient (Wildman–Crippen LogP) is 4.34. The van der Waals surface area contributed by atoms with Gasteiger partial charge in [0.05, 0.1) is 0 Å². The highest BCUT2D eigenvalue weighted by Gasteiger charge is 2.47. The van der Waals surface area contributed by atoms with E-state index >= 15 is 0 Å². The van der Waals surface area contributed by atoms with Gasteiger partial charge in [-0.3, -0.25) is 4.79 Å². The van der Waals surface area contributed by atoms with Gasteiger partial charge in [-0.15, -0.1) is 0 Å². The van der Waals surface area contributed by atoms with E-state index in [0.717, 1.165) is 32.4 Å². The fourth-order valence-corrected chi connectivity index (χ4v) is 3.98. The normalized spacial score (nSPS) is 24.0. The molecule has 0 N–H and O–H groups in total. The van der Waals surface area contributed by atoms with Gasteiger partial charge in [-0.05, 0) is 48.3 Å². The lowest BCUT2D eigenvalue weighted by Crippen LogP contribution is -2.39. The minimum Gasteiger partial charge on any atom is -0.342 e. The molecule has 1 heterocycles. The number of nitrogens with zero attached hydrogens (tertiary/aromatic N) is 1. The Morgan fingerprint density at radius 2 is 1.62 bits per heavy atom. The van der Waals surface area contributed by atoms with Crippen LogP contribution in [0, 0.1) is 11.7 Å². The molecule has 2 fully saturated rings. The first-order valence-corrected chi connectivity index (χ1v) is 8.82. The topological polar surface area (TPSA) is 20.3 Å². The highest BCUT2D eigenvalue weighted by Crippen LogP contribution is 2.49. The van der Waals surface area contributed by atoms with Gasteiger partial charge in [0.15, 0.2) is 0 Å². The van der Waals surface area contributed by atoms with Gasteiger partial charge in [0, 0.05) is 19.0 Å². The summed E-state index contributed by atoms with van der Waals surface area (Å²) in [6, 6.07) is 17.4. The summed E-state index contributed by atoms with van der Waals surface area (Å²) in [7, 11) is 0. The zero-order valence-corrected chi connectivity index (χ0v) is 13.7. The van der Waals surface area contributed by atoms with E-state index in [4.69, 9.17) is 0 Å². The Morgan fingerprint density at radius 3 is 2.33 bits per heavy atom. The SMILES string of the molecule is O=C(C1CC1c1ccccc1F)N1CCC(c2ccccc2)CC1. The monoisotopic (exact) mass is 323 g/mol. The molecule has 0 bridgehead atoms. The number of hydrogen-bond donors (Lipinski definition) is 0. The Hall–Kier alpha value is -2.16. The van der Waals surface area contributed by atoms with Crippen LogP contribution >= 0.6 is 0 Å².